The van der Waals surface area contributed by atoms with E-state index in [1.54, 1.807) is 0 Å². The van der Waals surface area contributed by atoms with Gasteiger partial charge in [-0.15, -0.1) is 0 Å². The Morgan fingerprint density at radius 1 is 1.20 bits per heavy atom. The summed E-state index contributed by atoms with van der Waals surface area (Å²) in [5.41, 5.74) is 11.3. The van der Waals surface area contributed by atoms with Crippen LogP contribution in [0, 0.1) is 11.7 Å². The van der Waals surface area contributed by atoms with Gasteiger partial charge >= 0.3 is 0 Å². The number of amides is 2. The van der Waals surface area contributed by atoms with E-state index in [2.05, 4.69) is 5.32 Å². The Bertz CT molecular complexity index is 525. The van der Waals surface area contributed by atoms with Crippen molar-refractivity contribution in [3.63, 3.8) is 0 Å². The lowest BCUT2D eigenvalue weighted by Gasteiger charge is -2.27. The normalized spacial score (nSPS) is 22.2. The minimum absolute atomic E-state index is 0.0271. The fourth-order valence-corrected chi connectivity index (χ4v) is 2.51. The summed E-state index contributed by atoms with van der Waals surface area (Å²) >= 11 is 0. The monoisotopic (exact) mass is 279 g/mol. The minimum atomic E-state index is -0.498. The van der Waals surface area contributed by atoms with Crippen LogP contribution in [0.25, 0.3) is 0 Å². The predicted octanol–water partition coefficient (Wildman–Crippen LogP) is 1.18. The Labute approximate surface area is 116 Å². The summed E-state index contributed by atoms with van der Waals surface area (Å²) in [6.45, 7) is 0. The molecule has 20 heavy (non-hydrogen) atoms. The number of halogens is 1. The minimum Gasteiger partial charge on any atom is -0.398 e. The summed E-state index contributed by atoms with van der Waals surface area (Å²) in [7, 11) is 0. The number of carbonyl (C=O) groups is 2. The second kappa shape index (κ2) is 5.90. The average Bonchev–Trinajstić information content (AvgIpc) is 2.42. The quantitative estimate of drug-likeness (QED) is 0.724. The van der Waals surface area contributed by atoms with Crippen molar-refractivity contribution in [2.45, 2.75) is 31.7 Å². The van der Waals surface area contributed by atoms with Gasteiger partial charge in [-0.1, -0.05) is 0 Å². The number of nitrogens with two attached hydrogens (primary N) is 2. The van der Waals surface area contributed by atoms with Gasteiger partial charge in [-0.2, -0.15) is 0 Å². The SMILES string of the molecule is NC(=O)C1CCC(NC(=O)c2cc(F)ccc2N)CC1. The molecule has 6 heteroatoms. The lowest BCUT2D eigenvalue weighted by Crippen LogP contribution is -2.40. The van der Waals surface area contributed by atoms with Gasteiger partial charge in [-0.3, -0.25) is 9.59 Å². The zero-order chi connectivity index (χ0) is 14.7. The maximum atomic E-state index is 13.1. The van der Waals surface area contributed by atoms with E-state index in [9.17, 15) is 14.0 Å². The van der Waals surface area contributed by atoms with E-state index in [1.165, 1.54) is 12.1 Å². The highest BCUT2D eigenvalue weighted by molar-refractivity contribution is 5.99. The fraction of sp³-hybridized carbons (Fsp3) is 0.429. The number of hydrogen-bond acceptors (Lipinski definition) is 3. The summed E-state index contributed by atoms with van der Waals surface area (Å²) in [6, 6.07) is 3.68. The summed E-state index contributed by atoms with van der Waals surface area (Å²) < 4.78 is 13.1. The molecule has 0 aliphatic heterocycles. The molecule has 5 nitrogen and oxygen atoms in total. The lowest BCUT2D eigenvalue weighted by molar-refractivity contribution is -0.122. The molecule has 1 aromatic carbocycles. The second-order valence-electron chi connectivity index (χ2n) is 5.16. The Morgan fingerprint density at radius 3 is 2.45 bits per heavy atom. The van der Waals surface area contributed by atoms with Crippen LogP contribution in [0.2, 0.25) is 0 Å². The number of nitrogen functional groups attached to an aromatic ring is 1. The zero-order valence-corrected chi connectivity index (χ0v) is 11.1. The molecule has 0 atom stereocenters. The number of primary amides is 1. The van der Waals surface area contributed by atoms with Crippen LogP contribution in [0.1, 0.15) is 36.0 Å². The largest absolute Gasteiger partial charge is 0.398 e. The first-order valence-corrected chi connectivity index (χ1v) is 6.62. The summed E-state index contributed by atoms with van der Waals surface area (Å²) in [5, 5.41) is 2.82. The molecule has 1 aliphatic carbocycles. The maximum absolute atomic E-state index is 13.1. The van der Waals surface area contributed by atoms with Crippen molar-refractivity contribution >= 4 is 17.5 Å². The van der Waals surface area contributed by atoms with Crippen molar-refractivity contribution in [1.82, 2.24) is 5.32 Å². The number of carbonyl (C=O) groups excluding carboxylic acids is 2. The van der Waals surface area contributed by atoms with E-state index in [-0.39, 0.29) is 35.0 Å². The first kappa shape index (κ1) is 14.3. The third kappa shape index (κ3) is 3.26. The highest BCUT2D eigenvalue weighted by Gasteiger charge is 2.26. The predicted molar refractivity (Wildman–Crippen MR) is 73.2 cm³/mol. The van der Waals surface area contributed by atoms with Crippen molar-refractivity contribution in [1.29, 1.82) is 0 Å². The van der Waals surface area contributed by atoms with Crippen molar-refractivity contribution in [3.8, 4) is 0 Å². The van der Waals surface area contributed by atoms with Gasteiger partial charge in [0.1, 0.15) is 5.82 Å². The van der Waals surface area contributed by atoms with Gasteiger partial charge < -0.3 is 16.8 Å². The van der Waals surface area contributed by atoms with Crippen LogP contribution in [0.3, 0.4) is 0 Å². The van der Waals surface area contributed by atoms with Gasteiger partial charge in [0, 0.05) is 17.6 Å². The van der Waals surface area contributed by atoms with Crippen molar-refractivity contribution in [2.75, 3.05) is 5.73 Å². The second-order valence-corrected chi connectivity index (χ2v) is 5.16. The molecule has 0 aromatic heterocycles. The van der Waals surface area contributed by atoms with Gasteiger partial charge in [-0.25, -0.2) is 4.39 Å². The molecule has 1 saturated carbocycles. The standard InChI is InChI=1S/C14H18FN3O2/c15-9-3-6-12(16)11(7-9)14(20)18-10-4-1-8(2-5-10)13(17)19/h3,6-8,10H,1-2,4-5,16H2,(H2,17,19)(H,18,20). The molecule has 108 valence electrons. The topological polar surface area (TPSA) is 98.2 Å². The molecule has 1 aromatic rings. The summed E-state index contributed by atoms with van der Waals surface area (Å²) in [4.78, 5) is 23.1. The van der Waals surface area contributed by atoms with Crippen LogP contribution >= 0.6 is 0 Å². The molecule has 2 amide bonds. The lowest BCUT2D eigenvalue weighted by atomic mass is 9.85. The number of benzene rings is 1. The van der Waals surface area contributed by atoms with E-state index >= 15 is 0 Å². The Kier molecular flexibility index (Phi) is 4.22. The van der Waals surface area contributed by atoms with Crippen molar-refractivity contribution in [3.05, 3.63) is 29.6 Å². The van der Waals surface area contributed by atoms with E-state index in [1.807, 2.05) is 0 Å². The highest BCUT2D eigenvalue weighted by Crippen LogP contribution is 2.24. The van der Waals surface area contributed by atoms with E-state index in [0.717, 1.165) is 6.07 Å². The van der Waals surface area contributed by atoms with Crippen LogP contribution in [-0.2, 0) is 4.79 Å². The Balaban J connectivity index is 1.96. The molecule has 0 unspecified atom stereocenters. The average molecular weight is 279 g/mol. The molecule has 2 rings (SSSR count). The van der Waals surface area contributed by atoms with Crippen LogP contribution < -0.4 is 16.8 Å². The molecule has 1 fully saturated rings. The molecule has 0 heterocycles. The van der Waals surface area contributed by atoms with Gasteiger partial charge in [0.05, 0.1) is 5.56 Å². The van der Waals surface area contributed by atoms with E-state index in [4.69, 9.17) is 11.5 Å². The zero-order valence-electron chi connectivity index (χ0n) is 11.1. The van der Waals surface area contributed by atoms with Gasteiger partial charge in [0.25, 0.3) is 5.91 Å². The van der Waals surface area contributed by atoms with Crippen LogP contribution in [0.5, 0.6) is 0 Å². The number of nitrogens with one attached hydrogen (secondary N) is 1. The third-order valence-electron chi connectivity index (χ3n) is 3.72. The summed E-state index contributed by atoms with van der Waals surface area (Å²) in [6.07, 6.45) is 2.71. The fourth-order valence-electron chi connectivity index (χ4n) is 2.51. The molecule has 0 saturated heterocycles. The number of anilines is 1. The van der Waals surface area contributed by atoms with Gasteiger partial charge in [-0.05, 0) is 43.9 Å². The van der Waals surface area contributed by atoms with E-state index in [0.29, 0.717) is 25.7 Å². The van der Waals surface area contributed by atoms with Crippen molar-refractivity contribution < 1.29 is 14.0 Å². The molecular formula is C14H18FN3O2. The number of rotatable bonds is 3. The maximum Gasteiger partial charge on any atom is 0.253 e. The smallest absolute Gasteiger partial charge is 0.253 e. The molecule has 0 spiro atoms. The molecule has 1 aliphatic rings. The highest BCUT2D eigenvalue weighted by atomic mass is 19.1. The Hall–Kier alpha value is -2.11. The first-order valence-electron chi connectivity index (χ1n) is 6.62. The molecule has 0 radical (unpaired) electrons. The third-order valence-corrected chi connectivity index (χ3v) is 3.72. The van der Waals surface area contributed by atoms with Crippen LogP contribution in [0.15, 0.2) is 18.2 Å². The molecular weight excluding hydrogens is 261 g/mol. The van der Waals surface area contributed by atoms with Crippen LogP contribution in [-0.4, -0.2) is 17.9 Å². The molecule has 0 bridgehead atoms. The van der Waals surface area contributed by atoms with Gasteiger partial charge in [0.15, 0.2) is 0 Å². The van der Waals surface area contributed by atoms with Crippen LogP contribution in [0.4, 0.5) is 10.1 Å². The Morgan fingerprint density at radius 2 is 1.85 bits per heavy atom. The van der Waals surface area contributed by atoms with Gasteiger partial charge in [0.2, 0.25) is 5.91 Å². The first-order chi connectivity index (χ1) is 9.47. The van der Waals surface area contributed by atoms with Crippen molar-refractivity contribution in [2.24, 2.45) is 11.7 Å². The summed E-state index contributed by atoms with van der Waals surface area (Å²) in [5.74, 6) is -1.28. The van der Waals surface area contributed by atoms with E-state index < -0.39 is 5.82 Å². The number of hydrogen-bond donors (Lipinski definition) is 3. The molecule has 5 N–H and O–H groups in total.